The number of anilines is 2. The van der Waals surface area contributed by atoms with Crippen LogP contribution in [0.25, 0.3) is 11.4 Å². The van der Waals surface area contributed by atoms with Gasteiger partial charge in [-0.1, -0.05) is 12.1 Å². The highest BCUT2D eigenvalue weighted by molar-refractivity contribution is 5.88. The van der Waals surface area contributed by atoms with Gasteiger partial charge >= 0.3 is 5.97 Å². The smallest absolute Gasteiger partial charge is 0.335 e. The number of carboxylic acid groups (broad SMARTS) is 1. The topological polar surface area (TPSA) is 75.1 Å². The number of aromatic carboxylic acids is 1. The Morgan fingerprint density at radius 1 is 1.09 bits per heavy atom. The summed E-state index contributed by atoms with van der Waals surface area (Å²) in [6.45, 7) is 0. The third kappa shape index (κ3) is 3.49. The van der Waals surface area contributed by atoms with Crippen molar-refractivity contribution < 1.29 is 14.3 Å². The second kappa shape index (κ2) is 6.23. The normalized spacial score (nSPS) is 10.3. The van der Waals surface area contributed by atoms with Crippen LogP contribution in [0.4, 0.5) is 15.9 Å². The van der Waals surface area contributed by atoms with Crippen molar-refractivity contribution in [2.45, 2.75) is 0 Å². The molecule has 0 atom stereocenters. The standard InChI is InChI=1S/C17H12FN3O2/c18-13-3-1-2-12(10-13)16-19-9-8-15(21-16)20-14-6-4-11(5-7-14)17(22)23/h1-10H,(H,22,23)(H,19,20,21). The predicted octanol–water partition coefficient (Wildman–Crippen LogP) is 3.72. The molecule has 0 saturated carbocycles. The summed E-state index contributed by atoms with van der Waals surface area (Å²) in [5.74, 6) is -0.403. The molecule has 3 aromatic rings. The summed E-state index contributed by atoms with van der Waals surface area (Å²) < 4.78 is 13.3. The van der Waals surface area contributed by atoms with E-state index in [0.29, 0.717) is 22.9 Å². The molecule has 0 spiro atoms. The van der Waals surface area contributed by atoms with Gasteiger partial charge in [0.15, 0.2) is 5.82 Å². The first-order chi connectivity index (χ1) is 11.1. The van der Waals surface area contributed by atoms with Gasteiger partial charge in [0.2, 0.25) is 0 Å². The van der Waals surface area contributed by atoms with Crippen LogP contribution in [0.15, 0.2) is 60.8 Å². The summed E-state index contributed by atoms with van der Waals surface area (Å²) in [5.41, 5.74) is 1.48. The average molecular weight is 309 g/mol. The Morgan fingerprint density at radius 2 is 1.87 bits per heavy atom. The van der Waals surface area contributed by atoms with Crippen LogP contribution < -0.4 is 5.32 Å². The number of hydrogen-bond acceptors (Lipinski definition) is 4. The van der Waals surface area contributed by atoms with Gasteiger partial charge < -0.3 is 10.4 Å². The highest BCUT2D eigenvalue weighted by Gasteiger charge is 2.05. The first kappa shape index (κ1) is 14.6. The van der Waals surface area contributed by atoms with Crippen LogP contribution in [0.2, 0.25) is 0 Å². The van der Waals surface area contributed by atoms with E-state index in [2.05, 4.69) is 15.3 Å². The van der Waals surface area contributed by atoms with E-state index in [1.54, 1.807) is 36.5 Å². The molecule has 5 nitrogen and oxygen atoms in total. The van der Waals surface area contributed by atoms with Crippen molar-refractivity contribution in [1.82, 2.24) is 9.97 Å². The highest BCUT2D eigenvalue weighted by atomic mass is 19.1. The molecule has 1 aromatic heterocycles. The maximum Gasteiger partial charge on any atom is 0.335 e. The predicted molar refractivity (Wildman–Crippen MR) is 84.1 cm³/mol. The second-order valence-electron chi connectivity index (χ2n) is 4.78. The molecule has 0 saturated heterocycles. The van der Waals surface area contributed by atoms with Crippen LogP contribution in [0.5, 0.6) is 0 Å². The zero-order valence-electron chi connectivity index (χ0n) is 11.9. The molecule has 0 amide bonds. The Labute approximate surface area is 131 Å². The van der Waals surface area contributed by atoms with Gasteiger partial charge in [0, 0.05) is 17.4 Å². The molecule has 2 N–H and O–H groups in total. The molecule has 2 aromatic carbocycles. The first-order valence-electron chi connectivity index (χ1n) is 6.81. The minimum absolute atomic E-state index is 0.207. The van der Waals surface area contributed by atoms with Crippen LogP contribution in [0.3, 0.4) is 0 Å². The van der Waals surface area contributed by atoms with Crippen LogP contribution in [0.1, 0.15) is 10.4 Å². The number of benzene rings is 2. The lowest BCUT2D eigenvalue weighted by Gasteiger charge is -2.07. The summed E-state index contributed by atoms with van der Waals surface area (Å²) in [5, 5.41) is 11.9. The molecule has 0 unspecified atom stereocenters. The Bertz CT molecular complexity index is 850. The van der Waals surface area contributed by atoms with E-state index in [1.807, 2.05) is 0 Å². The molecular formula is C17H12FN3O2. The number of nitrogens with one attached hydrogen (secondary N) is 1. The molecule has 0 aliphatic heterocycles. The Morgan fingerprint density at radius 3 is 2.57 bits per heavy atom. The lowest BCUT2D eigenvalue weighted by Crippen LogP contribution is -1.99. The lowest BCUT2D eigenvalue weighted by atomic mass is 10.2. The molecule has 0 aliphatic carbocycles. The number of aromatic nitrogens is 2. The van der Waals surface area contributed by atoms with Crippen LogP contribution in [0, 0.1) is 5.82 Å². The van der Waals surface area contributed by atoms with Gasteiger partial charge in [0.1, 0.15) is 11.6 Å². The summed E-state index contributed by atoms with van der Waals surface area (Å²) in [7, 11) is 0. The number of carbonyl (C=O) groups is 1. The van der Waals surface area contributed by atoms with Gasteiger partial charge in [-0.2, -0.15) is 0 Å². The van der Waals surface area contributed by atoms with E-state index in [1.165, 1.54) is 24.3 Å². The third-order valence-electron chi connectivity index (χ3n) is 3.14. The second-order valence-corrected chi connectivity index (χ2v) is 4.78. The zero-order chi connectivity index (χ0) is 16.2. The van der Waals surface area contributed by atoms with E-state index in [4.69, 9.17) is 5.11 Å². The molecule has 0 fully saturated rings. The van der Waals surface area contributed by atoms with Crippen molar-refractivity contribution in [2.24, 2.45) is 0 Å². The quantitative estimate of drug-likeness (QED) is 0.768. The SMILES string of the molecule is O=C(O)c1ccc(Nc2ccnc(-c3cccc(F)c3)n2)cc1. The zero-order valence-corrected chi connectivity index (χ0v) is 11.9. The minimum Gasteiger partial charge on any atom is -0.478 e. The van der Waals surface area contributed by atoms with Gasteiger partial charge in [0.05, 0.1) is 5.56 Å². The van der Waals surface area contributed by atoms with Crippen molar-refractivity contribution in [3.8, 4) is 11.4 Å². The summed E-state index contributed by atoms with van der Waals surface area (Å²) in [6.07, 6.45) is 1.57. The van der Waals surface area contributed by atoms with Gasteiger partial charge in [0.25, 0.3) is 0 Å². The van der Waals surface area contributed by atoms with Crippen molar-refractivity contribution in [1.29, 1.82) is 0 Å². The van der Waals surface area contributed by atoms with E-state index in [-0.39, 0.29) is 11.4 Å². The van der Waals surface area contributed by atoms with Crippen LogP contribution in [-0.2, 0) is 0 Å². The fraction of sp³-hybridized carbons (Fsp3) is 0. The molecule has 0 aliphatic rings. The van der Waals surface area contributed by atoms with Crippen molar-refractivity contribution in [3.63, 3.8) is 0 Å². The Balaban J connectivity index is 1.84. The maximum absolute atomic E-state index is 13.3. The number of halogens is 1. The highest BCUT2D eigenvalue weighted by Crippen LogP contribution is 2.20. The first-order valence-corrected chi connectivity index (χ1v) is 6.81. The van der Waals surface area contributed by atoms with Crippen molar-refractivity contribution in [3.05, 3.63) is 72.2 Å². The number of nitrogens with zero attached hydrogens (tertiary/aromatic N) is 2. The number of hydrogen-bond donors (Lipinski definition) is 2. The fourth-order valence-electron chi connectivity index (χ4n) is 2.04. The van der Waals surface area contributed by atoms with Gasteiger partial charge in [-0.25, -0.2) is 19.2 Å². The molecule has 114 valence electrons. The molecule has 23 heavy (non-hydrogen) atoms. The molecule has 6 heteroatoms. The molecule has 0 bridgehead atoms. The number of carboxylic acids is 1. The van der Waals surface area contributed by atoms with E-state index < -0.39 is 5.97 Å². The summed E-state index contributed by atoms with van der Waals surface area (Å²) >= 11 is 0. The van der Waals surface area contributed by atoms with Gasteiger partial charge in [-0.05, 0) is 42.5 Å². The third-order valence-corrected chi connectivity index (χ3v) is 3.14. The fourth-order valence-corrected chi connectivity index (χ4v) is 2.04. The van der Waals surface area contributed by atoms with E-state index in [9.17, 15) is 9.18 Å². The van der Waals surface area contributed by atoms with Gasteiger partial charge in [-0.3, -0.25) is 0 Å². The van der Waals surface area contributed by atoms with Gasteiger partial charge in [-0.15, -0.1) is 0 Å². The largest absolute Gasteiger partial charge is 0.478 e. The molecule has 0 radical (unpaired) electrons. The van der Waals surface area contributed by atoms with E-state index >= 15 is 0 Å². The average Bonchev–Trinajstić information content (AvgIpc) is 2.56. The molecule has 3 rings (SSSR count). The Hall–Kier alpha value is -3.28. The Kier molecular flexibility index (Phi) is 3.97. The molecular weight excluding hydrogens is 297 g/mol. The van der Waals surface area contributed by atoms with E-state index in [0.717, 1.165) is 0 Å². The van der Waals surface area contributed by atoms with Crippen LogP contribution >= 0.6 is 0 Å². The summed E-state index contributed by atoms with van der Waals surface area (Å²) in [4.78, 5) is 19.3. The minimum atomic E-state index is -0.980. The van der Waals surface area contributed by atoms with Crippen LogP contribution in [-0.4, -0.2) is 21.0 Å². The maximum atomic E-state index is 13.3. The van der Waals surface area contributed by atoms with Crippen molar-refractivity contribution in [2.75, 3.05) is 5.32 Å². The number of rotatable bonds is 4. The lowest BCUT2D eigenvalue weighted by molar-refractivity contribution is 0.0697. The van der Waals surface area contributed by atoms with Crippen molar-refractivity contribution >= 4 is 17.5 Å². The summed E-state index contributed by atoms with van der Waals surface area (Å²) in [6, 6.07) is 14.0. The monoisotopic (exact) mass is 309 g/mol. The molecule has 1 heterocycles.